The van der Waals surface area contributed by atoms with Crippen LogP contribution in [0, 0.1) is 0 Å². The average Bonchev–Trinajstić information content (AvgIpc) is 1.63. The standard InChI is InChI=1S/C5H8F2O2/c1-3(8)4(9)2-5(6)7/h4-5,9H,2H2,1H3/t4-/m0/s1. The van der Waals surface area contributed by atoms with Gasteiger partial charge < -0.3 is 5.11 Å². The number of aliphatic hydroxyl groups is 1. The van der Waals surface area contributed by atoms with Crippen LogP contribution in [0.25, 0.3) is 0 Å². The third-order valence-corrected chi connectivity index (χ3v) is 0.871. The lowest BCUT2D eigenvalue weighted by molar-refractivity contribution is -0.126. The minimum atomic E-state index is -2.61. The van der Waals surface area contributed by atoms with Crippen molar-refractivity contribution in [2.24, 2.45) is 0 Å². The van der Waals surface area contributed by atoms with E-state index >= 15 is 0 Å². The molecule has 0 unspecified atom stereocenters. The van der Waals surface area contributed by atoms with Gasteiger partial charge in [0.1, 0.15) is 6.10 Å². The van der Waals surface area contributed by atoms with Gasteiger partial charge in [0.05, 0.1) is 0 Å². The Hall–Kier alpha value is -0.510. The molecule has 0 aromatic carbocycles. The van der Waals surface area contributed by atoms with E-state index in [1.54, 1.807) is 0 Å². The largest absolute Gasteiger partial charge is 0.385 e. The molecule has 0 bridgehead atoms. The summed E-state index contributed by atoms with van der Waals surface area (Å²) < 4.78 is 22.7. The first-order valence-electron chi connectivity index (χ1n) is 2.50. The van der Waals surface area contributed by atoms with Gasteiger partial charge >= 0.3 is 0 Å². The zero-order valence-corrected chi connectivity index (χ0v) is 4.97. The Labute approximate surface area is 51.5 Å². The lowest BCUT2D eigenvalue weighted by atomic mass is 10.2. The first-order chi connectivity index (χ1) is 4.04. The van der Waals surface area contributed by atoms with E-state index in [0.717, 1.165) is 6.92 Å². The molecule has 0 aliphatic carbocycles. The Kier molecular flexibility index (Phi) is 3.30. The second-order valence-corrected chi connectivity index (χ2v) is 1.75. The van der Waals surface area contributed by atoms with Crippen molar-refractivity contribution in [3.05, 3.63) is 0 Å². The van der Waals surface area contributed by atoms with Gasteiger partial charge in [-0.3, -0.25) is 4.79 Å². The Bertz CT molecular complexity index is 103. The van der Waals surface area contributed by atoms with E-state index in [0.29, 0.717) is 0 Å². The van der Waals surface area contributed by atoms with Gasteiger partial charge in [0.2, 0.25) is 6.43 Å². The topological polar surface area (TPSA) is 37.3 Å². The van der Waals surface area contributed by atoms with Crippen molar-refractivity contribution in [1.29, 1.82) is 0 Å². The molecule has 2 nitrogen and oxygen atoms in total. The van der Waals surface area contributed by atoms with Gasteiger partial charge in [-0.1, -0.05) is 0 Å². The smallest absolute Gasteiger partial charge is 0.241 e. The van der Waals surface area contributed by atoms with E-state index in [1.165, 1.54) is 0 Å². The molecule has 0 spiro atoms. The molecule has 0 amide bonds. The fraction of sp³-hybridized carbons (Fsp3) is 0.800. The summed E-state index contributed by atoms with van der Waals surface area (Å²) >= 11 is 0. The van der Waals surface area contributed by atoms with Crippen molar-refractivity contribution in [3.8, 4) is 0 Å². The van der Waals surface area contributed by atoms with E-state index < -0.39 is 24.7 Å². The summed E-state index contributed by atoms with van der Waals surface area (Å²) in [5.41, 5.74) is 0. The van der Waals surface area contributed by atoms with E-state index in [-0.39, 0.29) is 0 Å². The first-order valence-corrected chi connectivity index (χ1v) is 2.50. The minimum Gasteiger partial charge on any atom is -0.385 e. The lowest BCUT2D eigenvalue weighted by Gasteiger charge is -2.03. The van der Waals surface area contributed by atoms with Crippen LogP contribution in [0.1, 0.15) is 13.3 Å². The van der Waals surface area contributed by atoms with Crippen molar-refractivity contribution < 1.29 is 18.7 Å². The Morgan fingerprint density at radius 1 is 1.67 bits per heavy atom. The number of hydrogen-bond donors (Lipinski definition) is 1. The SMILES string of the molecule is CC(=O)[C@@H](O)CC(F)F. The molecule has 0 heterocycles. The van der Waals surface area contributed by atoms with E-state index in [9.17, 15) is 13.6 Å². The number of rotatable bonds is 3. The van der Waals surface area contributed by atoms with Crippen molar-refractivity contribution in [1.82, 2.24) is 0 Å². The minimum absolute atomic E-state index is 0.615. The summed E-state index contributed by atoms with van der Waals surface area (Å²) in [4.78, 5) is 10.1. The van der Waals surface area contributed by atoms with Crippen LogP contribution in [0.3, 0.4) is 0 Å². The molecule has 9 heavy (non-hydrogen) atoms. The quantitative estimate of drug-likeness (QED) is 0.619. The van der Waals surface area contributed by atoms with Crippen molar-refractivity contribution in [2.45, 2.75) is 25.9 Å². The molecule has 0 aromatic rings. The van der Waals surface area contributed by atoms with E-state index in [2.05, 4.69) is 0 Å². The van der Waals surface area contributed by atoms with E-state index in [1.807, 2.05) is 0 Å². The molecule has 0 saturated carbocycles. The Morgan fingerprint density at radius 3 is 2.22 bits per heavy atom. The molecule has 54 valence electrons. The van der Waals surface area contributed by atoms with Crippen LogP contribution in [0.2, 0.25) is 0 Å². The summed E-state index contributed by atoms with van der Waals surface area (Å²) in [5, 5.41) is 8.47. The number of carbonyl (C=O) groups is 1. The molecular weight excluding hydrogens is 130 g/mol. The second-order valence-electron chi connectivity index (χ2n) is 1.75. The number of ketones is 1. The summed E-state index contributed by atoms with van der Waals surface area (Å²) in [6.07, 6.45) is -4.86. The van der Waals surface area contributed by atoms with Crippen LogP contribution in [-0.4, -0.2) is 23.4 Å². The predicted octanol–water partition coefficient (Wildman–Crippen LogP) is 0.591. The number of Topliss-reactive ketones (excluding diaryl/α,β-unsaturated/α-hetero) is 1. The van der Waals surface area contributed by atoms with Crippen LogP contribution >= 0.6 is 0 Å². The fourth-order valence-electron chi connectivity index (χ4n) is 0.335. The van der Waals surface area contributed by atoms with Crippen LogP contribution < -0.4 is 0 Å². The van der Waals surface area contributed by atoms with Crippen molar-refractivity contribution >= 4 is 5.78 Å². The average molecular weight is 138 g/mol. The van der Waals surface area contributed by atoms with Gasteiger partial charge in [-0.15, -0.1) is 0 Å². The molecule has 0 radical (unpaired) electrons. The molecule has 0 aliphatic rings. The van der Waals surface area contributed by atoms with Crippen LogP contribution in [0.5, 0.6) is 0 Å². The molecule has 1 atom stereocenters. The highest BCUT2D eigenvalue weighted by Gasteiger charge is 2.15. The van der Waals surface area contributed by atoms with Crippen molar-refractivity contribution in [2.75, 3.05) is 0 Å². The third-order valence-electron chi connectivity index (χ3n) is 0.871. The molecular formula is C5H8F2O2. The fourth-order valence-corrected chi connectivity index (χ4v) is 0.335. The van der Waals surface area contributed by atoms with Crippen molar-refractivity contribution in [3.63, 3.8) is 0 Å². The van der Waals surface area contributed by atoms with Crippen LogP contribution in [0.15, 0.2) is 0 Å². The second kappa shape index (κ2) is 3.50. The Balaban J connectivity index is 3.50. The number of carbonyl (C=O) groups excluding carboxylic acids is 1. The summed E-state index contributed by atoms with van der Waals surface area (Å²) in [7, 11) is 0. The van der Waals surface area contributed by atoms with Crippen LogP contribution in [-0.2, 0) is 4.79 Å². The van der Waals surface area contributed by atoms with Gasteiger partial charge in [0, 0.05) is 6.42 Å². The summed E-state index contributed by atoms with van der Waals surface area (Å²) in [5.74, 6) is -0.615. The maximum atomic E-state index is 11.3. The molecule has 0 aliphatic heterocycles. The number of aliphatic hydroxyl groups excluding tert-OH is 1. The lowest BCUT2D eigenvalue weighted by Crippen LogP contribution is -2.19. The number of halogens is 2. The van der Waals surface area contributed by atoms with Gasteiger partial charge in [0.25, 0.3) is 0 Å². The predicted molar refractivity (Wildman–Crippen MR) is 27.3 cm³/mol. The molecule has 0 saturated heterocycles. The molecule has 0 fully saturated rings. The molecule has 0 aromatic heterocycles. The van der Waals surface area contributed by atoms with E-state index in [4.69, 9.17) is 5.11 Å². The van der Waals surface area contributed by atoms with Gasteiger partial charge in [0.15, 0.2) is 5.78 Å². The monoisotopic (exact) mass is 138 g/mol. The zero-order chi connectivity index (χ0) is 7.44. The van der Waals surface area contributed by atoms with Gasteiger partial charge in [-0.05, 0) is 6.92 Å². The molecule has 0 rings (SSSR count). The number of hydrogen-bond acceptors (Lipinski definition) is 2. The summed E-state index contributed by atoms with van der Waals surface area (Å²) in [6.45, 7) is 1.08. The summed E-state index contributed by atoms with van der Waals surface area (Å²) in [6, 6.07) is 0. The van der Waals surface area contributed by atoms with Gasteiger partial charge in [-0.2, -0.15) is 0 Å². The highest BCUT2D eigenvalue weighted by molar-refractivity contribution is 5.80. The zero-order valence-electron chi connectivity index (χ0n) is 4.97. The normalized spacial score (nSPS) is 13.9. The molecule has 1 N–H and O–H groups in total. The van der Waals surface area contributed by atoms with Crippen LogP contribution in [0.4, 0.5) is 8.78 Å². The maximum Gasteiger partial charge on any atom is 0.241 e. The first kappa shape index (κ1) is 8.49. The third kappa shape index (κ3) is 4.02. The Morgan fingerprint density at radius 2 is 2.11 bits per heavy atom. The van der Waals surface area contributed by atoms with Gasteiger partial charge in [-0.25, -0.2) is 8.78 Å². The maximum absolute atomic E-state index is 11.3. The molecule has 4 heteroatoms. The number of alkyl halides is 2. The highest BCUT2D eigenvalue weighted by atomic mass is 19.3. The highest BCUT2D eigenvalue weighted by Crippen LogP contribution is 2.03.